The van der Waals surface area contributed by atoms with Gasteiger partial charge >= 0.3 is 0 Å². The highest BCUT2D eigenvalue weighted by Crippen LogP contribution is 2.29. The van der Waals surface area contributed by atoms with Crippen LogP contribution in [0.4, 0.5) is 0 Å². The lowest BCUT2D eigenvalue weighted by Crippen LogP contribution is -2.48. The maximum atomic E-state index is 12.1. The van der Waals surface area contributed by atoms with Crippen molar-refractivity contribution in [2.75, 3.05) is 21.1 Å². The predicted octanol–water partition coefficient (Wildman–Crippen LogP) is 0.695. The van der Waals surface area contributed by atoms with E-state index in [1.54, 1.807) is 0 Å². The number of aliphatic hydroxyl groups excluding tert-OH is 1. The standard InChI is InChI=1S/C14H22N2O4S/c1-15(2)21(18,19)16(3)12-9-10-13(14(12)17)20-11-7-5-4-6-8-11/h4-8,12-14,17H,9-10H2,1-3H3/t12-,13+,14+/m1/s1. The van der Waals surface area contributed by atoms with Crippen LogP contribution >= 0.6 is 0 Å². The van der Waals surface area contributed by atoms with Gasteiger partial charge in [0.15, 0.2) is 0 Å². The molecule has 1 aromatic rings. The zero-order chi connectivity index (χ0) is 15.6. The van der Waals surface area contributed by atoms with Crippen molar-refractivity contribution in [3.05, 3.63) is 30.3 Å². The van der Waals surface area contributed by atoms with Gasteiger partial charge in [-0.1, -0.05) is 18.2 Å². The van der Waals surface area contributed by atoms with Crippen molar-refractivity contribution in [2.24, 2.45) is 0 Å². The zero-order valence-electron chi connectivity index (χ0n) is 12.5. The van der Waals surface area contributed by atoms with Crippen LogP contribution in [0.3, 0.4) is 0 Å². The molecule has 2 rings (SSSR count). The molecule has 1 aromatic carbocycles. The van der Waals surface area contributed by atoms with Crippen LogP contribution in [0.15, 0.2) is 30.3 Å². The van der Waals surface area contributed by atoms with Gasteiger partial charge in [-0.15, -0.1) is 0 Å². The second-order valence-corrected chi connectivity index (χ2v) is 7.61. The summed E-state index contributed by atoms with van der Waals surface area (Å²) in [6.45, 7) is 0. The summed E-state index contributed by atoms with van der Waals surface area (Å²) in [4.78, 5) is 0. The summed E-state index contributed by atoms with van der Waals surface area (Å²) in [7, 11) is 0.910. The van der Waals surface area contributed by atoms with E-state index in [-0.39, 0.29) is 0 Å². The molecule has 1 N–H and O–H groups in total. The molecule has 0 heterocycles. The maximum Gasteiger partial charge on any atom is 0.281 e. The highest BCUT2D eigenvalue weighted by atomic mass is 32.2. The summed E-state index contributed by atoms with van der Waals surface area (Å²) >= 11 is 0. The Morgan fingerprint density at radius 3 is 2.33 bits per heavy atom. The third-order valence-corrected chi connectivity index (χ3v) is 5.77. The van der Waals surface area contributed by atoms with Gasteiger partial charge in [0.25, 0.3) is 10.2 Å². The molecule has 6 nitrogen and oxygen atoms in total. The molecule has 3 atom stereocenters. The van der Waals surface area contributed by atoms with E-state index in [0.29, 0.717) is 18.6 Å². The molecule has 1 fully saturated rings. The Hall–Kier alpha value is -1.15. The number of rotatable bonds is 5. The number of aliphatic hydroxyl groups is 1. The van der Waals surface area contributed by atoms with Crippen molar-refractivity contribution in [3.8, 4) is 5.75 Å². The van der Waals surface area contributed by atoms with Gasteiger partial charge in [-0.05, 0) is 25.0 Å². The molecule has 1 aliphatic rings. The van der Waals surface area contributed by atoms with Crippen LogP contribution in [-0.4, -0.2) is 61.5 Å². The first-order valence-electron chi connectivity index (χ1n) is 6.89. The van der Waals surface area contributed by atoms with E-state index in [4.69, 9.17) is 4.74 Å². The van der Waals surface area contributed by atoms with Gasteiger partial charge in [0, 0.05) is 21.1 Å². The minimum atomic E-state index is -3.54. The average molecular weight is 314 g/mol. The lowest BCUT2D eigenvalue weighted by molar-refractivity contribution is 0.0325. The summed E-state index contributed by atoms with van der Waals surface area (Å²) in [5.74, 6) is 0.681. The van der Waals surface area contributed by atoms with Crippen LogP contribution < -0.4 is 4.74 Å². The number of benzene rings is 1. The van der Waals surface area contributed by atoms with E-state index in [1.165, 1.54) is 25.4 Å². The molecule has 0 aliphatic heterocycles. The highest BCUT2D eigenvalue weighted by Gasteiger charge is 2.42. The van der Waals surface area contributed by atoms with Gasteiger partial charge in [-0.2, -0.15) is 17.0 Å². The number of likely N-dealkylation sites (N-methyl/N-ethyl adjacent to an activating group) is 1. The molecular weight excluding hydrogens is 292 g/mol. The summed E-state index contributed by atoms with van der Waals surface area (Å²) in [6.07, 6.45) is -0.0434. The van der Waals surface area contributed by atoms with Crippen LogP contribution in [0.25, 0.3) is 0 Å². The molecule has 0 saturated heterocycles. The number of ether oxygens (including phenoxy) is 1. The molecule has 7 heteroatoms. The third kappa shape index (κ3) is 3.37. The van der Waals surface area contributed by atoms with E-state index < -0.39 is 28.5 Å². The van der Waals surface area contributed by atoms with Gasteiger partial charge in [0.2, 0.25) is 0 Å². The Bertz CT molecular complexity index is 562. The van der Waals surface area contributed by atoms with E-state index in [2.05, 4.69) is 0 Å². The first-order chi connectivity index (χ1) is 9.84. The molecule has 0 unspecified atom stereocenters. The fourth-order valence-corrected chi connectivity index (χ4v) is 3.64. The van der Waals surface area contributed by atoms with E-state index in [1.807, 2.05) is 30.3 Å². The average Bonchev–Trinajstić information content (AvgIpc) is 2.80. The van der Waals surface area contributed by atoms with Crippen molar-refractivity contribution >= 4 is 10.2 Å². The molecule has 0 amide bonds. The Labute approximate surface area is 126 Å². The SMILES string of the molecule is CN(C)S(=O)(=O)N(C)[C@@H]1CC[C@H](Oc2ccccc2)[C@H]1O. The molecule has 0 radical (unpaired) electrons. The van der Waals surface area contributed by atoms with Crippen molar-refractivity contribution in [3.63, 3.8) is 0 Å². The van der Waals surface area contributed by atoms with Crippen molar-refractivity contribution < 1.29 is 18.3 Å². The molecule has 118 valence electrons. The second-order valence-electron chi connectivity index (χ2n) is 5.41. The van der Waals surface area contributed by atoms with Gasteiger partial charge in [-0.25, -0.2) is 0 Å². The Morgan fingerprint density at radius 2 is 1.76 bits per heavy atom. The summed E-state index contributed by atoms with van der Waals surface area (Å²) in [5, 5.41) is 10.4. The first kappa shape index (κ1) is 16.2. The summed E-state index contributed by atoms with van der Waals surface area (Å²) in [6, 6.07) is 8.78. The van der Waals surface area contributed by atoms with E-state index in [9.17, 15) is 13.5 Å². The monoisotopic (exact) mass is 314 g/mol. The number of hydrogen-bond acceptors (Lipinski definition) is 4. The minimum Gasteiger partial charge on any atom is -0.488 e. The predicted molar refractivity (Wildman–Crippen MR) is 80.3 cm³/mol. The van der Waals surface area contributed by atoms with Gasteiger partial charge in [-0.3, -0.25) is 0 Å². The molecule has 1 saturated carbocycles. The zero-order valence-corrected chi connectivity index (χ0v) is 13.3. The highest BCUT2D eigenvalue weighted by molar-refractivity contribution is 7.86. The van der Waals surface area contributed by atoms with Crippen LogP contribution in [-0.2, 0) is 10.2 Å². The second kappa shape index (κ2) is 6.31. The van der Waals surface area contributed by atoms with Gasteiger partial charge in [0.05, 0.1) is 6.04 Å². The Kier molecular flexibility index (Phi) is 4.88. The Morgan fingerprint density at radius 1 is 1.14 bits per heavy atom. The van der Waals surface area contributed by atoms with Gasteiger partial charge in [0.1, 0.15) is 18.0 Å². The molecular formula is C14H22N2O4S. The molecule has 0 aromatic heterocycles. The topological polar surface area (TPSA) is 70.1 Å². The van der Waals surface area contributed by atoms with Crippen LogP contribution in [0.5, 0.6) is 5.75 Å². The fraction of sp³-hybridized carbons (Fsp3) is 0.571. The first-order valence-corrected chi connectivity index (χ1v) is 8.29. The van der Waals surface area contributed by atoms with Crippen molar-refractivity contribution in [1.29, 1.82) is 0 Å². The largest absolute Gasteiger partial charge is 0.488 e. The van der Waals surface area contributed by atoms with Crippen molar-refractivity contribution in [2.45, 2.75) is 31.1 Å². The fourth-order valence-electron chi connectivity index (χ4n) is 2.55. The van der Waals surface area contributed by atoms with Crippen LogP contribution in [0.2, 0.25) is 0 Å². The summed E-state index contributed by atoms with van der Waals surface area (Å²) in [5.41, 5.74) is 0. The molecule has 1 aliphatic carbocycles. The minimum absolute atomic E-state index is 0.391. The van der Waals surface area contributed by atoms with E-state index >= 15 is 0 Å². The van der Waals surface area contributed by atoms with Gasteiger partial charge < -0.3 is 9.84 Å². The quantitative estimate of drug-likeness (QED) is 0.868. The smallest absolute Gasteiger partial charge is 0.281 e. The molecule has 0 bridgehead atoms. The number of hydrogen-bond donors (Lipinski definition) is 1. The lowest BCUT2D eigenvalue weighted by atomic mass is 10.2. The Balaban J connectivity index is 2.06. The number of para-hydroxylation sites is 1. The van der Waals surface area contributed by atoms with Crippen LogP contribution in [0.1, 0.15) is 12.8 Å². The molecule has 21 heavy (non-hydrogen) atoms. The normalized spacial score (nSPS) is 26.5. The summed E-state index contributed by atoms with van der Waals surface area (Å²) < 4.78 is 32.4. The van der Waals surface area contributed by atoms with E-state index in [0.717, 1.165) is 4.31 Å². The number of nitrogens with zero attached hydrogens (tertiary/aromatic N) is 2. The maximum absolute atomic E-state index is 12.1. The van der Waals surface area contributed by atoms with Crippen LogP contribution in [0, 0.1) is 0 Å². The van der Waals surface area contributed by atoms with Crippen molar-refractivity contribution in [1.82, 2.24) is 8.61 Å². The molecule has 0 spiro atoms. The lowest BCUT2D eigenvalue weighted by Gasteiger charge is -2.30. The third-order valence-electron chi connectivity index (χ3n) is 3.85.